The van der Waals surface area contributed by atoms with Crippen LogP contribution in [0.2, 0.25) is 5.02 Å². The number of fused-ring (bicyclic) bond motifs is 1. The van der Waals surface area contributed by atoms with Gasteiger partial charge in [0.15, 0.2) is 0 Å². The molecule has 2 aliphatic rings. The molecule has 0 radical (unpaired) electrons. The zero-order valence-electron chi connectivity index (χ0n) is 18.5. The van der Waals surface area contributed by atoms with Gasteiger partial charge in [0.25, 0.3) is 0 Å². The number of piperidine rings is 1. The van der Waals surface area contributed by atoms with E-state index in [4.69, 9.17) is 11.6 Å². The van der Waals surface area contributed by atoms with E-state index in [9.17, 15) is 23.1 Å². The number of nitrogens with zero attached hydrogens (tertiary/aromatic N) is 5. The number of rotatable bonds is 4. The van der Waals surface area contributed by atoms with Gasteiger partial charge < -0.3 is 15.3 Å². The van der Waals surface area contributed by atoms with Crippen LogP contribution in [0.1, 0.15) is 12.8 Å². The van der Waals surface area contributed by atoms with Crippen LogP contribution in [0, 0.1) is 0 Å². The molecule has 1 saturated heterocycles. The predicted molar refractivity (Wildman–Crippen MR) is 125 cm³/mol. The SMILES string of the molecule is O=c1n(CC2=CC=C(C(F)(F)F)NC2)nc2c(N3CCCC(O)C3)c(-c3ccc(Cl)cc3)cnn12. The second-order valence-corrected chi connectivity index (χ2v) is 9.02. The van der Waals surface area contributed by atoms with Crippen LogP contribution in [0.5, 0.6) is 0 Å². The van der Waals surface area contributed by atoms with Gasteiger partial charge in [-0.15, -0.1) is 5.10 Å². The highest BCUT2D eigenvalue weighted by molar-refractivity contribution is 6.30. The van der Waals surface area contributed by atoms with Crippen LogP contribution in [0.15, 0.2) is 58.7 Å². The summed E-state index contributed by atoms with van der Waals surface area (Å²) < 4.78 is 41.0. The summed E-state index contributed by atoms with van der Waals surface area (Å²) in [7, 11) is 0. The molecule has 12 heteroatoms. The van der Waals surface area contributed by atoms with Gasteiger partial charge in [0.1, 0.15) is 5.70 Å². The smallest absolute Gasteiger partial charge is 0.391 e. The molecular weight excluding hydrogens is 485 g/mol. The van der Waals surface area contributed by atoms with Gasteiger partial charge in [0, 0.05) is 30.2 Å². The van der Waals surface area contributed by atoms with Gasteiger partial charge in [-0.2, -0.15) is 22.8 Å². The van der Waals surface area contributed by atoms with E-state index in [1.165, 1.54) is 15.3 Å². The first-order valence-electron chi connectivity index (χ1n) is 11.1. The average Bonchev–Trinajstić information content (AvgIpc) is 3.14. The van der Waals surface area contributed by atoms with E-state index in [1.54, 1.807) is 18.3 Å². The monoisotopic (exact) mass is 506 g/mol. The number of halogens is 4. The molecule has 35 heavy (non-hydrogen) atoms. The topological polar surface area (TPSA) is 87.7 Å². The quantitative estimate of drug-likeness (QED) is 0.565. The van der Waals surface area contributed by atoms with Gasteiger partial charge in [0.2, 0.25) is 5.65 Å². The first kappa shape index (κ1) is 23.4. The molecule has 0 amide bonds. The van der Waals surface area contributed by atoms with E-state index in [0.29, 0.717) is 41.4 Å². The van der Waals surface area contributed by atoms with Crippen LogP contribution in [0.3, 0.4) is 0 Å². The molecule has 2 N–H and O–H groups in total. The highest BCUT2D eigenvalue weighted by Gasteiger charge is 2.34. The Labute approximate surface area is 202 Å². The standard InChI is InChI=1S/C23H22ClF3N6O2/c24-16-6-4-15(5-7-16)18-11-29-33-21(20(18)31-9-1-2-17(34)13-31)30-32(22(33)35)12-14-3-8-19(28-10-14)23(25,26)27/h3-8,11,17,28,34H,1-2,9-10,12-13H2. The van der Waals surface area contributed by atoms with Gasteiger partial charge in [-0.3, -0.25) is 0 Å². The predicted octanol–water partition coefficient (Wildman–Crippen LogP) is 3.15. The third kappa shape index (κ3) is 4.65. The van der Waals surface area contributed by atoms with Crippen molar-refractivity contribution in [1.29, 1.82) is 0 Å². The van der Waals surface area contributed by atoms with Crippen molar-refractivity contribution in [3.8, 4) is 11.1 Å². The van der Waals surface area contributed by atoms with Crippen molar-refractivity contribution in [3.05, 3.63) is 69.4 Å². The maximum atomic E-state index is 13.1. The van der Waals surface area contributed by atoms with Gasteiger partial charge in [-0.05, 0) is 42.2 Å². The van der Waals surface area contributed by atoms with Gasteiger partial charge in [-0.1, -0.05) is 29.8 Å². The minimum absolute atomic E-state index is 0.00910. The van der Waals surface area contributed by atoms with E-state index in [1.807, 2.05) is 17.0 Å². The number of hydrogen-bond donors (Lipinski definition) is 2. The first-order valence-corrected chi connectivity index (χ1v) is 11.5. The van der Waals surface area contributed by atoms with Crippen LogP contribution in [0.4, 0.5) is 18.9 Å². The van der Waals surface area contributed by atoms with Crippen molar-refractivity contribution in [2.75, 3.05) is 24.5 Å². The Bertz CT molecular complexity index is 1380. The summed E-state index contributed by atoms with van der Waals surface area (Å²) in [4.78, 5) is 15.1. The highest BCUT2D eigenvalue weighted by atomic mass is 35.5. The van der Waals surface area contributed by atoms with Gasteiger partial charge >= 0.3 is 11.9 Å². The molecule has 8 nitrogen and oxygen atoms in total. The number of hydrogen-bond acceptors (Lipinski definition) is 6. The number of alkyl halides is 3. The Hall–Kier alpha value is -3.31. The fourth-order valence-electron chi connectivity index (χ4n) is 4.38. The van der Waals surface area contributed by atoms with Crippen LogP contribution < -0.4 is 15.9 Å². The van der Waals surface area contributed by atoms with Crippen LogP contribution in [0.25, 0.3) is 16.8 Å². The van der Waals surface area contributed by atoms with Crippen LogP contribution in [-0.2, 0) is 6.54 Å². The van der Waals surface area contributed by atoms with Crippen molar-refractivity contribution in [2.24, 2.45) is 0 Å². The van der Waals surface area contributed by atoms with Crippen molar-refractivity contribution >= 4 is 22.9 Å². The maximum absolute atomic E-state index is 13.1. The lowest BCUT2D eigenvalue weighted by atomic mass is 10.0. The molecule has 0 aliphatic carbocycles. The molecule has 1 unspecified atom stereocenters. The fraction of sp³-hybridized carbons (Fsp3) is 0.348. The molecule has 184 valence electrons. The summed E-state index contributed by atoms with van der Waals surface area (Å²) in [5.41, 5.74) is 1.76. The molecule has 3 aromatic rings. The number of β-amino-alcohol motifs (C(OH)–C–C–N with tert-alkyl or cyclic N) is 1. The maximum Gasteiger partial charge on any atom is 0.430 e. The van der Waals surface area contributed by atoms with E-state index in [0.717, 1.165) is 23.6 Å². The summed E-state index contributed by atoms with van der Waals surface area (Å²) in [5.74, 6) is 0. The molecule has 0 spiro atoms. The van der Waals surface area contributed by atoms with E-state index >= 15 is 0 Å². The summed E-state index contributed by atoms with van der Waals surface area (Å²) >= 11 is 6.06. The summed E-state index contributed by atoms with van der Waals surface area (Å²) in [6.07, 6.45) is 0.368. The lowest BCUT2D eigenvalue weighted by Crippen LogP contribution is -2.39. The lowest BCUT2D eigenvalue weighted by Gasteiger charge is -2.33. The summed E-state index contributed by atoms with van der Waals surface area (Å²) in [5, 5.41) is 22.1. The number of dihydropyridines is 1. The minimum atomic E-state index is -4.46. The molecule has 1 fully saturated rings. The highest BCUT2D eigenvalue weighted by Crippen LogP contribution is 2.35. The Morgan fingerprint density at radius 3 is 2.63 bits per heavy atom. The molecule has 5 rings (SSSR count). The number of allylic oxidation sites excluding steroid dienone is 3. The minimum Gasteiger partial charge on any atom is -0.391 e. The number of benzene rings is 1. The Morgan fingerprint density at radius 1 is 1.20 bits per heavy atom. The van der Waals surface area contributed by atoms with Gasteiger partial charge in [0.05, 0.1) is 24.5 Å². The number of aromatic nitrogens is 4. The van der Waals surface area contributed by atoms with E-state index in [2.05, 4.69) is 15.5 Å². The lowest BCUT2D eigenvalue weighted by molar-refractivity contribution is -0.0966. The third-order valence-corrected chi connectivity index (χ3v) is 6.36. The molecule has 1 atom stereocenters. The first-order chi connectivity index (χ1) is 16.7. The summed E-state index contributed by atoms with van der Waals surface area (Å²) in [6.45, 7) is 0.995. The number of aliphatic hydroxyl groups excluding tert-OH is 1. The number of anilines is 1. The molecule has 1 aromatic carbocycles. The fourth-order valence-corrected chi connectivity index (χ4v) is 4.51. The second kappa shape index (κ2) is 9.04. The molecule has 4 heterocycles. The van der Waals surface area contributed by atoms with E-state index in [-0.39, 0.29) is 13.1 Å². The zero-order valence-corrected chi connectivity index (χ0v) is 19.2. The largest absolute Gasteiger partial charge is 0.430 e. The van der Waals surface area contributed by atoms with Crippen molar-refractivity contribution in [1.82, 2.24) is 24.7 Å². The van der Waals surface area contributed by atoms with E-state index < -0.39 is 23.7 Å². The van der Waals surface area contributed by atoms with Gasteiger partial charge in [-0.25, -0.2) is 9.48 Å². The number of nitrogens with one attached hydrogen (secondary N) is 1. The Kier molecular flexibility index (Phi) is 6.06. The summed E-state index contributed by atoms with van der Waals surface area (Å²) in [6, 6.07) is 7.20. The molecule has 2 aromatic heterocycles. The second-order valence-electron chi connectivity index (χ2n) is 8.59. The Morgan fingerprint density at radius 2 is 1.97 bits per heavy atom. The molecule has 0 bridgehead atoms. The van der Waals surface area contributed by atoms with Crippen molar-refractivity contribution in [2.45, 2.75) is 31.7 Å². The van der Waals surface area contributed by atoms with Crippen molar-refractivity contribution < 1.29 is 18.3 Å². The third-order valence-electron chi connectivity index (χ3n) is 6.11. The van der Waals surface area contributed by atoms with Crippen molar-refractivity contribution in [3.63, 3.8) is 0 Å². The average molecular weight is 507 g/mol. The Balaban J connectivity index is 1.59. The van der Waals surface area contributed by atoms with Crippen LogP contribution in [-0.4, -0.2) is 56.4 Å². The molecular formula is C23H22ClF3N6O2. The zero-order chi connectivity index (χ0) is 24.7. The molecule has 2 aliphatic heterocycles. The normalized spacial score (nSPS) is 18.9. The van der Waals surface area contributed by atoms with Crippen LogP contribution >= 0.6 is 11.6 Å². The number of aliphatic hydroxyl groups is 1. The molecule has 0 saturated carbocycles.